The van der Waals surface area contributed by atoms with E-state index >= 15 is 0 Å². The van der Waals surface area contributed by atoms with Gasteiger partial charge < -0.3 is 9.47 Å². The Morgan fingerprint density at radius 2 is 1.57 bits per heavy atom. The van der Waals surface area contributed by atoms with Crippen molar-refractivity contribution in [1.82, 2.24) is 0 Å². The average molecular weight is 442 g/mol. The molecule has 3 aromatic carbocycles. The number of benzene rings is 3. The number of anilines is 1. The van der Waals surface area contributed by atoms with Crippen LogP contribution in [0, 0.1) is 0 Å². The molecule has 4 rings (SSSR count). The molecule has 1 aliphatic rings. The van der Waals surface area contributed by atoms with E-state index in [-0.39, 0.29) is 27.4 Å². The number of hydrogen-bond donors (Lipinski definition) is 0. The molecule has 0 unspecified atom stereocenters. The highest BCUT2D eigenvalue weighted by Gasteiger charge is 2.37. The van der Waals surface area contributed by atoms with Gasteiger partial charge in [-0.25, -0.2) is 9.69 Å². The van der Waals surface area contributed by atoms with Crippen molar-refractivity contribution in [3.63, 3.8) is 0 Å². The molecule has 0 radical (unpaired) electrons. The largest absolute Gasteiger partial charge is 0.465 e. The van der Waals surface area contributed by atoms with Crippen LogP contribution in [-0.2, 0) is 4.74 Å². The summed E-state index contributed by atoms with van der Waals surface area (Å²) in [7, 11) is 1.24. The van der Waals surface area contributed by atoms with E-state index in [4.69, 9.17) is 27.9 Å². The first-order valence-corrected chi connectivity index (χ1v) is 9.49. The maximum atomic E-state index is 12.9. The van der Waals surface area contributed by atoms with Gasteiger partial charge in [0, 0.05) is 5.02 Å². The van der Waals surface area contributed by atoms with Crippen LogP contribution in [0.1, 0.15) is 31.1 Å². The molecule has 0 fully saturated rings. The first-order chi connectivity index (χ1) is 14.4. The molecular weight excluding hydrogens is 429 g/mol. The normalized spacial score (nSPS) is 12.7. The number of carbonyl (C=O) groups excluding carboxylic acids is 3. The Labute approximate surface area is 181 Å². The minimum absolute atomic E-state index is 0.125. The highest BCUT2D eigenvalue weighted by Crippen LogP contribution is 2.36. The third kappa shape index (κ3) is 3.51. The van der Waals surface area contributed by atoms with E-state index in [0.29, 0.717) is 16.5 Å². The number of imide groups is 1. The number of rotatable bonds is 4. The van der Waals surface area contributed by atoms with E-state index in [0.717, 1.165) is 4.90 Å². The zero-order valence-electron chi connectivity index (χ0n) is 15.5. The van der Waals surface area contributed by atoms with Crippen LogP contribution in [-0.4, -0.2) is 24.9 Å². The van der Waals surface area contributed by atoms with Gasteiger partial charge in [-0.2, -0.15) is 0 Å². The van der Waals surface area contributed by atoms with Crippen LogP contribution in [0.3, 0.4) is 0 Å². The van der Waals surface area contributed by atoms with Crippen molar-refractivity contribution >= 4 is 46.7 Å². The van der Waals surface area contributed by atoms with Crippen molar-refractivity contribution in [3.8, 4) is 11.5 Å². The van der Waals surface area contributed by atoms with E-state index < -0.39 is 17.8 Å². The first-order valence-electron chi connectivity index (χ1n) is 8.73. The van der Waals surface area contributed by atoms with Crippen LogP contribution in [0.15, 0.2) is 60.7 Å². The highest BCUT2D eigenvalue weighted by molar-refractivity contribution is 6.36. The molecule has 8 heteroatoms. The predicted molar refractivity (Wildman–Crippen MR) is 112 cm³/mol. The number of esters is 1. The zero-order chi connectivity index (χ0) is 21.4. The van der Waals surface area contributed by atoms with Crippen LogP contribution in [0.25, 0.3) is 0 Å². The molecular formula is C22H13Cl2NO5. The number of fused-ring (bicyclic) bond motifs is 1. The lowest BCUT2D eigenvalue weighted by molar-refractivity contribution is 0.0600. The second kappa shape index (κ2) is 7.82. The van der Waals surface area contributed by atoms with E-state index in [9.17, 15) is 14.4 Å². The first kappa shape index (κ1) is 19.9. The zero-order valence-corrected chi connectivity index (χ0v) is 17.0. The van der Waals surface area contributed by atoms with Gasteiger partial charge in [0.25, 0.3) is 11.8 Å². The Hall–Kier alpha value is -3.35. The second-order valence-electron chi connectivity index (χ2n) is 6.37. The third-order valence-electron chi connectivity index (χ3n) is 4.52. The quantitative estimate of drug-likeness (QED) is 0.401. The van der Waals surface area contributed by atoms with Gasteiger partial charge >= 0.3 is 5.97 Å². The number of nitrogens with zero attached hydrogens (tertiary/aromatic N) is 1. The number of hydrogen-bond acceptors (Lipinski definition) is 5. The maximum absolute atomic E-state index is 12.9. The molecule has 2 amide bonds. The topological polar surface area (TPSA) is 72.9 Å². The van der Waals surface area contributed by atoms with Gasteiger partial charge in [0.1, 0.15) is 11.5 Å². The van der Waals surface area contributed by atoms with Crippen molar-refractivity contribution < 1.29 is 23.9 Å². The molecule has 150 valence electrons. The Morgan fingerprint density at radius 1 is 0.867 bits per heavy atom. The lowest BCUT2D eigenvalue weighted by Gasteiger charge is -2.15. The summed E-state index contributed by atoms with van der Waals surface area (Å²) in [5.74, 6) is -0.766. The minimum atomic E-state index is -0.594. The second-order valence-corrected chi connectivity index (χ2v) is 7.21. The van der Waals surface area contributed by atoms with Crippen LogP contribution in [0.4, 0.5) is 5.69 Å². The maximum Gasteiger partial charge on any atom is 0.337 e. The van der Waals surface area contributed by atoms with Crippen LogP contribution < -0.4 is 9.64 Å². The fraction of sp³-hybridized carbons (Fsp3) is 0.0455. The van der Waals surface area contributed by atoms with Gasteiger partial charge in [-0.15, -0.1) is 0 Å². The molecule has 1 aliphatic heterocycles. The molecule has 6 nitrogen and oxygen atoms in total. The summed E-state index contributed by atoms with van der Waals surface area (Å²) >= 11 is 12.2. The molecule has 0 bridgehead atoms. The van der Waals surface area contributed by atoms with E-state index in [1.807, 2.05) is 0 Å². The Balaban J connectivity index is 1.63. The Morgan fingerprint density at radius 3 is 2.23 bits per heavy atom. The van der Waals surface area contributed by atoms with Crippen LogP contribution in [0.2, 0.25) is 10.0 Å². The molecule has 3 aromatic rings. The Kier molecular flexibility index (Phi) is 5.20. The van der Waals surface area contributed by atoms with Crippen molar-refractivity contribution in [2.75, 3.05) is 12.0 Å². The van der Waals surface area contributed by atoms with Gasteiger partial charge in [0.2, 0.25) is 0 Å². The number of carbonyl (C=O) groups is 3. The van der Waals surface area contributed by atoms with Gasteiger partial charge in [-0.3, -0.25) is 9.59 Å². The lowest BCUT2D eigenvalue weighted by atomic mass is 10.1. The summed E-state index contributed by atoms with van der Waals surface area (Å²) in [6, 6.07) is 15.6. The molecule has 0 saturated carbocycles. The van der Waals surface area contributed by atoms with Crippen molar-refractivity contribution in [1.29, 1.82) is 0 Å². The molecule has 0 aromatic heterocycles. The molecule has 0 N–H and O–H groups in total. The van der Waals surface area contributed by atoms with E-state index in [1.54, 1.807) is 36.4 Å². The predicted octanol–water partition coefficient (Wildman–Crippen LogP) is 5.37. The van der Waals surface area contributed by atoms with Gasteiger partial charge in [0.05, 0.1) is 34.5 Å². The molecule has 0 aliphatic carbocycles. The number of amides is 2. The summed E-state index contributed by atoms with van der Waals surface area (Å²) in [4.78, 5) is 38.4. The van der Waals surface area contributed by atoms with Crippen molar-refractivity contribution in [2.24, 2.45) is 0 Å². The summed E-state index contributed by atoms with van der Waals surface area (Å²) in [6.07, 6.45) is 0. The smallest absolute Gasteiger partial charge is 0.337 e. The minimum Gasteiger partial charge on any atom is -0.465 e. The fourth-order valence-corrected chi connectivity index (χ4v) is 3.40. The molecule has 0 spiro atoms. The third-order valence-corrected chi connectivity index (χ3v) is 5.07. The van der Waals surface area contributed by atoms with Crippen LogP contribution >= 0.6 is 23.2 Å². The summed E-state index contributed by atoms with van der Waals surface area (Å²) in [5.41, 5.74) is 0.795. The van der Waals surface area contributed by atoms with E-state index in [1.165, 1.54) is 31.4 Å². The van der Waals surface area contributed by atoms with Crippen molar-refractivity contribution in [2.45, 2.75) is 0 Å². The molecule has 30 heavy (non-hydrogen) atoms. The van der Waals surface area contributed by atoms with Gasteiger partial charge in [-0.1, -0.05) is 23.2 Å². The van der Waals surface area contributed by atoms with Gasteiger partial charge in [-0.05, 0) is 60.7 Å². The Bertz CT molecular complexity index is 1190. The highest BCUT2D eigenvalue weighted by atomic mass is 35.5. The van der Waals surface area contributed by atoms with Crippen LogP contribution in [0.5, 0.6) is 11.5 Å². The fourth-order valence-electron chi connectivity index (χ4n) is 3.06. The number of methoxy groups -OCH3 is 1. The summed E-state index contributed by atoms with van der Waals surface area (Å²) in [5, 5.41) is 0.791. The lowest BCUT2D eigenvalue weighted by Crippen LogP contribution is -2.29. The summed E-state index contributed by atoms with van der Waals surface area (Å²) in [6.45, 7) is 0. The molecule has 0 atom stereocenters. The standard InChI is InChI=1S/C22H13Cl2NO5/c1-29-22(28)12-2-8-16-17(10-12)21(27)25(20(16)26)14-5-9-19(18(24)11-14)30-15-6-3-13(23)4-7-15/h2-11H,1H3. The monoisotopic (exact) mass is 441 g/mol. The SMILES string of the molecule is COC(=O)c1ccc2c(c1)C(=O)N(c1ccc(Oc3ccc(Cl)cc3)c(Cl)c1)C2=O. The number of halogens is 2. The molecule has 0 saturated heterocycles. The van der Waals surface area contributed by atoms with E-state index in [2.05, 4.69) is 4.74 Å². The van der Waals surface area contributed by atoms with Gasteiger partial charge in [0.15, 0.2) is 0 Å². The number of ether oxygens (including phenoxy) is 2. The summed E-state index contributed by atoms with van der Waals surface area (Å²) < 4.78 is 10.4. The van der Waals surface area contributed by atoms with Crippen molar-refractivity contribution in [3.05, 3.63) is 87.4 Å². The molecule has 1 heterocycles. The average Bonchev–Trinajstić information content (AvgIpc) is 3.00.